The van der Waals surface area contributed by atoms with Gasteiger partial charge in [0.25, 0.3) is 0 Å². The maximum Gasteiger partial charge on any atom is 0.394 e. The van der Waals surface area contributed by atoms with Crippen LogP contribution in [0.3, 0.4) is 0 Å². The lowest BCUT2D eigenvalue weighted by Gasteiger charge is -2.18. The zero-order valence-corrected chi connectivity index (χ0v) is 6.41. The molecule has 3 N–H and O–H groups in total. The first-order valence-electron chi connectivity index (χ1n) is 3.49. The van der Waals surface area contributed by atoms with E-state index in [0.717, 1.165) is 0 Å². The largest absolute Gasteiger partial charge is 0.394 e. The Morgan fingerprint density at radius 3 is 2.27 bits per heavy atom. The highest BCUT2D eigenvalue weighted by molar-refractivity contribution is 4.70. The van der Waals surface area contributed by atoms with Crippen LogP contribution in [0.5, 0.6) is 0 Å². The molecule has 0 saturated heterocycles. The van der Waals surface area contributed by atoms with E-state index < -0.39 is 12.1 Å². The third-order valence-corrected chi connectivity index (χ3v) is 1.39. The third kappa shape index (κ3) is 4.21. The molecule has 1 unspecified atom stereocenters. The first-order chi connectivity index (χ1) is 5.02. The molecule has 0 aliphatic rings. The van der Waals surface area contributed by atoms with Gasteiger partial charge in [-0.05, 0) is 6.54 Å². The summed E-state index contributed by atoms with van der Waals surface area (Å²) in [5.41, 5.74) is 4.94. The highest BCUT2D eigenvalue weighted by atomic mass is 19.4. The highest BCUT2D eigenvalue weighted by Gasteiger charge is 2.37. The van der Waals surface area contributed by atoms with Crippen LogP contribution in [0.1, 0.15) is 6.92 Å². The molecule has 0 heterocycles. The van der Waals surface area contributed by atoms with E-state index in [2.05, 4.69) is 5.32 Å². The van der Waals surface area contributed by atoms with Crippen LogP contribution in [0, 0.1) is 5.92 Å². The quantitative estimate of drug-likeness (QED) is 0.652. The van der Waals surface area contributed by atoms with E-state index in [1.165, 1.54) is 0 Å². The minimum Gasteiger partial charge on any atom is -0.330 e. The van der Waals surface area contributed by atoms with Crippen LogP contribution in [0.15, 0.2) is 0 Å². The van der Waals surface area contributed by atoms with E-state index in [9.17, 15) is 13.2 Å². The summed E-state index contributed by atoms with van der Waals surface area (Å²) in [5.74, 6) is -1.41. The van der Waals surface area contributed by atoms with Gasteiger partial charge in [-0.15, -0.1) is 0 Å². The summed E-state index contributed by atoms with van der Waals surface area (Å²) in [6.45, 7) is 1.85. The van der Waals surface area contributed by atoms with Gasteiger partial charge in [0.15, 0.2) is 0 Å². The van der Waals surface area contributed by atoms with Gasteiger partial charge in [-0.3, -0.25) is 0 Å². The molecule has 0 radical (unpaired) electrons. The highest BCUT2D eigenvalue weighted by Crippen LogP contribution is 2.24. The molecule has 5 heteroatoms. The van der Waals surface area contributed by atoms with E-state index in [1.54, 1.807) is 6.92 Å². The molecule has 0 spiro atoms. The topological polar surface area (TPSA) is 38.0 Å². The lowest BCUT2D eigenvalue weighted by Crippen LogP contribution is -2.38. The van der Waals surface area contributed by atoms with Crippen LogP contribution < -0.4 is 11.1 Å². The second-order valence-electron chi connectivity index (χ2n) is 2.28. The fourth-order valence-corrected chi connectivity index (χ4v) is 0.651. The van der Waals surface area contributed by atoms with Gasteiger partial charge in [-0.2, -0.15) is 13.2 Å². The molecule has 1 atom stereocenters. The molecule has 68 valence electrons. The summed E-state index contributed by atoms with van der Waals surface area (Å²) < 4.78 is 35.8. The molecule has 0 bridgehead atoms. The Labute approximate surface area is 64.0 Å². The first-order valence-corrected chi connectivity index (χ1v) is 3.49. The van der Waals surface area contributed by atoms with Crippen molar-refractivity contribution in [3.05, 3.63) is 0 Å². The Bertz CT molecular complexity index is 102. The second-order valence-corrected chi connectivity index (χ2v) is 2.28. The average molecular weight is 170 g/mol. The third-order valence-electron chi connectivity index (χ3n) is 1.39. The first kappa shape index (κ1) is 10.7. The van der Waals surface area contributed by atoms with Gasteiger partial charge < -0.3 is 11.1 Å². The number of hydrogen-bond acceptors (Lipinski definition) is 2. The summed E-state index contributed by atoms with van der Waals surface area (Å²) in [6, 6.07) is 0. The predicted molar refractivity (Wildman–Crippen MR) is 37.1 cm³/mol. The van der Waals surface area contributed by atoms with E-state index in [4.69, 9.17) is 5.73 Å². The lowest BCUT2D eigenvalue weighted by molar-refractivity contribution is -0.170. The van der Waals surface area contributed by atoms with Crippen molar-refractivity contribution in [3.63, 3.8) is 0 Å². The number of nitrogens with one attached hydrogen (secondary N) is 1. The average Bonchev–Trinajstić information content (AvgIpc) is 1.87. The van der Waals surface area contributed by atoms with Crippen molar-refractivity contribution in [1.82, 2.24) is 5.32 Å². The van der Waals surface area contributed by atoms with Gasteiger partial charge in [0, 0.05) is 13.1 Å². The number of rotatable bonds is 4. The molecule has 11 heavy (non-hydrogen) atoms. The Morgan fingerprint density at radius 2 is 2.00 bits per heavy atom. The maximum atomic E-state index is 11.9. The predicted octanol–water partition coefficient (Wildman–Crippen LogP) is 0.733. The summed E-state index contributed by atoms with van der Waals surface area (Å²) >= 11 is 0. The van der Waals surface area contributed by atoms with Crippen LogP contribution in [0.25, 0.3) is 0 Å². The Hall–Kier alpha value is -0.290. The van der Waals surface area contributed by atoms with Gasteiger partial charge in [0.1, 0.15) is 0 Å². The molecule has 0 aliphatic heterocycles. The zero-order valence-electron chi connectivity index (χ0n) is 6.41. The van der Waals surface area contributed by atoms with Crippen LogP contribution in [0.2, 0.25) is 0 Å². The summed E-state index contributed by atoms with van der Waals surface area (Å²) in [5, 5.41) is 2.61. The van der Waals surface area contributed by atoms with Crippen molar-refractivity contribution in [2.24, 2.45) is 11.7 Å². The maximum absolute atomic E-state index is 11.9. The fourth-order valence-electron chi connectivity index (χ4n) is 0.651. The van der Waals surface area contributed by atoms with Crippen molar-refractivity contribution in [1.29, 1.82) is 0 Å². The summed E-state index contributed by atoms with van der Waals surface area (Å²) in [6.07, 6.45) is -4.17. The molecule has 0 fully saturated rings. The molecular weight excluding hydrogens is 157 g/mol. The monoisotopic (exact) mass is 170 g/mol. The lowest BCUT2D eigenvalue weighted by atomic mass is 10.1. The van der Waals surface area contributed by atoms with E-state index in [0.29, 0.717) is 6.54 Å². The van der Waals surface area contributed by atoms with Crippen molar-refractivity contribution < 1.29 is 13.2 Å². The van der Waals surface area contributed by atoms with Crippen LogP contribution in [-0.2, 0) is 0 Å². The van der Waals surface area contributed by atoms with E-state index in [-0.39, 0.29) is 13.1 Å². The smallest absolute Gasteiger partial charge is 0.330 e. The molecule has 0 aliphatic carbocycles. The molecular formula is C6H13F3N2. The number of halogens is 3. The molecule has 0 rings (SSSR count). The Morgan fingerprint density at radius 1 is 1.45 bits per heavy atom. The van der Waals surface area contributed by atoms with Gasteiger partial charge in [-0.25, -0.2) is 0 Å². The molecule has 0 aromatic carbocycles. The second kappa shape index (κ2) is 4.56. The SMILES string of the molecule is CCNCC(CN)C(F)(F)F. The number of nitrogens with two attached hydrogens (primary N) is 1. The van der Waals surface area contributed by atoms with Gasteiger partial charge >= 0.3 is 6.18 Å². The Balaban J connectivity index is 3.76. The van der Waals surface area contributed by atoms with E-state index >= 15 is 0 Å². The van der Waals surface area contributed by atoms with Crippen LogP contribution in [0.4, 0.5) is 13.2 Å². The summed E-state index contributed by atoms with van der Waals surface area (Å²) in [7, 11) is 0. The number of alkyl halides is 3. The van der Waals surface area contributed by atoms with Gasteiger partial charge in [-0.1, -0.05) is 6.92 Å². The molecule has 0 amide bonds. The van der Waals surface area contributed by atoms with Crippen molar-refractivity contribution in [3.8, 4) is 0 Å². The van der Waals surface area contributed by atoms with E-state index in [1.807, 2.05) is 0 Å². The summed E-state index contributed by atoms with van der Waals surface area (Å²) in [4.78, 5) is 0. The van der Waals surface area contributed by atoms with Crippen molar-refractivity contribution in [2.45, 2.75) is 13.1 Å². The van der Waals surface area contributed by atoms with Crippen molar-refractivity contribution in [2.75, 3.05) is 19.6 Å². The fraction of sp³-hybridized carbons (Fsp3) is 1.00. The molecule has 2 nitrogen and oxygen atoms in total. The standard InChI is InChI=1S/C6H13F3N2/c1-2-11-4-5(3-10)6(7,8)9/h5,11H,2-4,10H2,1H3. The van der Waals surface area contributed by atoms with Crippen LogP contribution >= 0.6 is 0 Å². The number of hydrogen-bond donors (Lipinski definition) is 2. The zero-order chi connectivity index (χ0) is 8.91. The molecule has 0 aromatic rings. The molecule has 0 saturated carbocycles. The van der Waals surface area contributed by atoms with Gasteiger partial charge in [0.2, 0.25) is 0 Å². The Kier molecular flexibility index (Phi) is 4.44. The van der Waals surface area contributed by atoms with Crippen molar-refractivity contribution >= 4 is 0 Å². The molecule has 0 aromatic heterocycles. The normalized spacial score (nSPS) is 15.0. The minimum atomic E-state index is -4.17. The van der Waals surface area contributed by atoms with Crippen LogP contribution in [-0.4, -0.2) is 25.8 Å². The minimum absolute atomic E-state index is 0.0868. The van der Waals surface area contributed by atoms with Gasteiger partial charge in [0.05, 0.1) is 5.92 Å².